The van der Waals surface area contributed by atoms with E-state index in [0.29, 0.717) is 26.7 Å². The maximum absolute atomic E-state index is 12.6. The number of nitrogens with two attached hydrogens (primary N) is 1. The number of rotatable bonds is 7. The average Bonchev–Trinajstić information content (AvgIpc) is 3.35. The number of hydrogen-bond acceptors (Lipinski definition) is 11. The Hall–Kier alpha value is -1.90. The standard InChI is InChI=1S/C15H16N6O4S4/c16-13-18-7(2-26-13)1-8(22)19-9-10(23)21-3-15(12(24)25,4-27-11(9)21)5-28-14-20-17-6-29-14/h2,6,9,11H,1,3-5H2,(H2,16,18)(H,19,22)(H,24,25)/t9?,11-,15?/m1/s1. The van der Waals surface area contributed by atoms with Crippen LogP contribution in [-0.2, 0) is 20.8 Å². The Morgan fingerprint density at radius 1 is 1.45 bits per heavy atom. The highest BCUT2D eigenvalue weighted by Gasteiger charge is 2.57. The molecule has 2 unspecified atom stereocenters. The number of nitrogens with one attached hydrogen (secondary N) is 1. The van der Waals surface area contributed by atoms with Crippen LogP contribution in [0.1, 0.15) is 5.69 Å². The molecule has 2 saturated heterocycles. The highest BCUT2D eigenvalue weighted by molar-refractivity contribution is 8.01. The lowest BCUT2D eigenvalue weighted by Crippen LogP contribution is -2.74. The molecule has 0 spiro atoms. The number of carboxylic acid groups (broad SMARTS) is 1. The van der Waals surface area contributed by atoms with Gasteiger partial charge in [0, 0.05) is 23.4 Å². The Balaban J connectivity index is 1.36. The molecule has 2 aromatic rings. The monoisotopic (exact) mass is 472 g/mol. The summed E-state index contributed by atoms with van der Waals surface area (Å²) in [5.41, 5.74) is 6.64. The quantitative estimate of drug-likeness (QED) is 0.381. The largest absolute Gasteiger partial charge is 0.481 e. The molecule has 4 heterocycles. The SMILES string of the molecule is Nc1nc(CC(=O)NC2C(=O)N3CC(CSc4nncs4)(C(=O)O)CS[C@H]23)cs1. The summed E-state index contributed by atoms with van der Waals surface area (Å²) in [4.78, 5) is 42.4. The van der Waals surface area contributed by atoms with Crippen molar-refractivity contribution in [1.82, 2.24) is 25.4 Å². The summed E-state index contributed by atoms with van der Waals surface area (Å²) in [6.07, 6.45) is 0.0480. The topological polar surface area (TPSA) is 151 Å². The lowest BCUT2D eigenvalue weighted by Gasteiger charge is -2.53. The van der Waals surface area contributed by atoms with Gasteiger partial charge in [-0.15, -0.1) is 33.3 Å². The normalized spacial score (nSPS) is 25.9. The Bertz CT molecular complexity index is 937. The Morgan fingerprint density at radius 3 is 2.93 bits per heavy atom. The third kappa shape index (κ3) is 4.06. The molecule has 0 aliphatic carbocycles. The number of thiazole rings is 1. The number of carbonyl (C=O) groups is 3. The summed E-state index contributed by atoms with van der Waals surface area (Å²) in [6, 6.07) is -0.647. The second-order valence-electron chi connectivity index (χ2n) is 6.65. The first-order chi connectivity index (χ1) is 13.9. The zero-order valence-corrected chi connectivity index (χ0v) is 18.1. The first-order valence-electron chi connectivity index (χ1n) is 8.42. The smallest absolute Gasteiger partial charge is 0.313 e. The van der Waals surface area contributed by atoms with E-state index in [1.54, 1.807) is 10.9 Å². The van der Waals surface area contributed by atoms with E-state index in [1.165, 1.54) is 51.1 Å². The first kappa shape index (κ1) is 20.4. The molecule has 10 nitrogen and oxygen atoms in total. The highest BCUT2D eigenvalue weighted by Crippen LogP contribution is 2.44. The van der Waals surface area contributed by atoms with E-state index in [0.717, 1.165) is 0 Å². The summed E-state index contributed by atoms with van der Waals surface area (Å²) in [7, 11) is 0. The van der Waals surface area contributed by atoms with Gasteiger partial charge in [-0.25, -0.2) is 4.98 Å². The molecule has 0 bridgehead atoms. The van der Waals surface area contributed by atoms with Crippen molar-refractivity contribution in [1.29, 1.82) is 0 Å². The molecule has 2 amide bonds. The number of anilines is 1. The van der Waals surface area contributed by atoms with Crippen molar-refractivity contribution in [3.05, 3.63) is 16.6 Å². The van der Waals surface area contributed by atoms with E-state index in [-0.39, 0.29) is 30.2 Å². The minimum atomic E-state index is -1.07. The fourth-order valence-electron chi connectivity index (χ4n) is 3.12. The van der Waals surface area contributed by atoms with Crippen LogP contribution in [0.25, 0.3) is 0 Å². The van der Waals surface area contributed by atoms with Gasteiger partial charge in [-0.05, 0) is 0 Å². The molecule has 2 aliphatic heterocycles. The average molecular weight is 473 g/mol. The van der Waals surface area contributed by atoms with Crippen LogP contribution in [-0.4, -0.2) is 72.4 Å². The van der Waals surface area contributed by atoms with E-state index in [2.05, 4.69) is 20.5 Å². The van der Waals surface area contributed by atoms with Crippen LogP contribution < -0.4 is 11.1 Å². The molecule has 3 atom stereocenters. The van der Waals surface area contributed by atoms with E-state index < -0.39 is 17.4 Å². The predicted molar refractivity (Wildman–Crippen MR) is 111 cm³/mol. The second kappa shape index (κ2) is 8.08. The zero-order chi connectivity index (χ0) is 20.6. The number of aliphatic carboxylic acids is 1. The van der Waals surface area contributed by atoms with Gasteiger partial charge in [0.1, 0.15) is 22.3 Å². The Kier molecular flexibility index (Phi) is 5.68. The fraction of sp³-hybridized carbons (Fsp3) is 0.467. The van der Waals surface area contributed by atoms with Gasteiger partial charge < -0.3 is 21.1 Å². The fourth-order valence-corrected chi connectivity index (χ4v) is 7.04. The maximum atomic E-state index is 12.6. The number of aromatic nitrogens is 3. The molecule has 2 aliphatic rings. The molecular formula is C15H16N6O4S4. The van der Waals surface area contributed by atoms with Gasteiger partial charge in [0.25, 0.3) is 0 Å². The van der Waals surface area contributed by atoms with Crippen molar-refractivity contribution < 1.29 is 19.5 Å². The predicted octanol–water partition coefficient (Wildman–Crippen LogP) is 0.383. The Morgan fingerprint density at radius 2 is 2.28 bits per heavy atom. The molecular weight excluding hydrogens is 456 g/mol. The van der Waals surface area contributed by atoms with E-state index in [1.807, 2.05) is 0 Å². The van der Waals surface area contributed by atoms with Gasteiger partial charge in [0.15, 0.2) is 9.47 Å². The minimum Gasteiger partial charge on any atom is -0.481 e. The van der Waals surface area contributed by atoms with Crippen LogP contribution in [0.15, 0.2) is 15.2 Å². The summed E-state index contributed by atoms with van der Waals surface area (Å²) >= 11 is 5.31. The molecule has 14 heteroatoms. The van der Waals surface area contributed by atoms with Gasteiger partial charge in [0.2, 0.25) is 11.8 Å². The molecule has 0 aromatic carbocycles. The van der Waals surface area contributed by atoms with Gasteiger partial charge in [-0.3, -0.25) is 14.4 Å². The number of nitrogens with zero attached hydrogens (tertiary/aromatic N) is 4. The number of β-lactam (4-membered cyclic amide) rings is 1. The van der Waals surface area contributed by atoms with Crippen LogP contribution in [0.4, 0.5) is 5.13 Å². The number of fused-ring (bicyclic) bond motifs is 1. The molecule has 4 rings (SSSR count). The number of hydrogen-bond donors (Lipinski definition) is 3. The number of carbonyl (C=O) groups excluding carboxylic acids is 2. The molecule has 2 aromatic heterocycles. The molecule has 0 radical (unpaired) electrons. The minimum absolute atomic E-state index is 0.0480. The van der Waals surface area contributed by atoms with Crippen molar-refractivity contribution in [3.8, 4) is 0 Å². The van der Waals surface area contributed by atoms with Crippen molar-refractivity contribution >= 4 is 69.1 Å². The lowest BCUT2D eigenvalue weighted by molar-refractivity contribution is -0.157. The summed E-state index contributed by atoms with van der Waals surface area (Å²) < 4.78 is 0.695. The number of carboxylic acids is 1. The van der Waals surface area contributed by atoms with E-state index in [4.69, 9.17) is 5.73 Å². The molecule has 154 valence electrons. The molecule has 29 heavy (non-hydrogen) atoms. The third-order valence-electron chi connectivity index (χ3n) is 4.64. The van der Waals surface area contributed by atoms with Crippen LogP contribution in [0.3, 0.4) is 0 Å². The number of nitrogen functional groups attached to an aromatic ring is 1. The maximum Gasteiger partial charge on any atom is 0.313 e. The molecule has 0 saturated carbocycles. The van der Waals surface area contributed by atoms with Gasteiger partial charge in [-0.1, -0.05) is 23.1 Å². The van der Waals surface area contributed by atoms with Gasteiger partial charge in [-0.2, -0.15) is 0 Å². The van der Waals surface area contributed by atoms with Crippen LogP contribution in [0.2, 0.25) is 0 Å². The van der Waals surface area contributed by atoms with Crippen LogP contribution >= 0.6 is 46.2 Å². The van der Waals surface area contributed by atoms with Crippen LogP contribution in [0.5, 0.6) is 0 Å². The first-order valence-corrected chi connectivity index (χ1v) is 12.2. The number of thioether (sulfide) groups is 2. The van der Waals surface area contributed by atoms with Crippen LogP contribution in [0, 0.1) is 5.41 Å². The van der Waals surface area contributed by atoms with Crippen molar-refractivity contribution in [2.45, 2.75) is 22.2 Å². The highest BCUT2D eigenvalue weighted by atomic mass is 32.2. The van der Waals surface area contributed by atoms with Crippen molar-refractivity contribution in [2.75, 3.05) is 23.8 Å². The number of amides is 2. The summed E-state index contributed by atoms with van der Waals surface area (Å²) in [5.74, 6) is -0.876. The van der Waals surface area contributed by atoms with E-state index in [9.17, 15) is 19.5 Å². The van der Waals surface area contributed by atoms with Crippen molar-refractivity contribution in [2.24, 2.45) is 5.41 Å². The summed E-state index contributed by atoms with van der Waals surface area (Å²) in [6.45, 7) is 0.111. The van der Waals surface area contributed by atoms with Crippen molar-refractivity contribution in [3.63, 3.8) is 0 Å². The summed E-state index contributed by atoms with van der Waals surface area (Å²) in [5, 5.41) is 22.1. The van der Waals surface area contributed by atoms with E-state index >= 15 is 0 Å². The molecule has 4 N–H and O–H groups in total. The lowest BCUT2D eigenvalue weighted by atomic mass is 9.89. The zero-order valence-electron chi connectivity index (χ0n) is 14.8. The Labute approximate surface area is 181 Å². The molecule has 2 fully saturated rings. The van der Waals surface area contributed by atoms with Gasteiger partial charge >= 0.3 is 5.97 Å². The van der Waals surface area contributed by atoms with Gasteiger partial charge in [0.05, 0.1) is 12.1 Å². The third-order valence-corrected chi connectivity index (χ3v) is 9.10. The second-order valence-corrected chi connectivity index (χ2v) is 10.7.